The number of carboxylic acid groups (broad SMARTS) is 1. The molecule has 0 spiro atoms. The topological polar surface area (TPSA) is 49.3 Å². The van der Waals surface area contributed by atoms with Gasteiger partial charge in [0.05, 0.1) is 0 Å². The van der Waals surface area contributed by atoms with Gasteiger partial charge in [0.2, 0.25) is 0 Å². The molecule has 2 unspecified atom stereocenters. The molecule has 16 heavy (non-hydrogen) atoms. The zero-order valence-electron chi connectivity index (χ0n) is 10.5. The maximum atomic E-state index is 11.5. The highest BCUT2D eigenvalue weighted by atomic mass is 32.2. The predicted molar refractivity (Wildman–Crippen MR) is 69.0 cm³/mol. The molecular weight excluding hydrogens is 222 g/mol. The summed E-state index contributed by atoms with van der Waals surface area (Å²) < 4.78 is 0. The van der Waals surface area contributed by atoms with Gasteiger partial charge in [0, 0.05) is 11.8 Å². The van der Waals surface area contributed by atoms with E-state index in [0.29, 0.717) is 17.7 Å². The molecule has 0 aromatic rings. The largest absolute Gasteiger partial charge is 0.480 e. The van der Waals surface area contributed by atoms with Crippen molar-refractivity contribution in [3.05, 3.63) is 0 Å². The van der Waals surface area contributed by atoms with E-state index in [2.05, 4.69) is 26.1 Å². The van der Waals surface area contributed by atoms with Gasteiger partial charge in [0.25, 0.3) is 0 Å². The van der Waals surface area contributed by atoms with E-state index in [1.807, 2.05) is 0 Å². The Hall–Kier alpha value is -0.220. The fraction of sp³-hybridized carbons (Fsp3) is 0.917. The van der Waals surface area contributed by atoms with Gasteiger partial charge in [0.1, 0.15) is 5.54 Å². The summed E-state index contributed by atoms with van der Waals surface area (Å²) in [5, 5.41) is 12.8. The molecule has 2 N–H and O–H groups in total. The van der Waals surface area contributed by atoms with Crippen LogP contribution in [-0.4, -0.2) is 34.2 Å². The van der Waals surface area contributed by atoms with Crippen molar-refractivity contribution >= 4 is 17.7 Å². The molecule has 3 nitrogen and oxygen atoms in total. The van der Waals surface area contributed by atoms with Gasteiger partial charge in [-0.25, -0.2) is 0 Å². The molecule has 1 rings (SSSR count). The number of rotatable bonds is 5. The van der Waals surface area contributed by atoms with Crippen molar-refractivity contribution in [3.63, 3.8) is 0 Å². The molecule has 4 heteroatoms. The molecule has 1 aliphatic heterocycles. The quantitative estimate of drug-likeness (QED) is 0.780. The number of carbonyl (C=O) groups is 1. The van der Waals surface area contributed by atoms with Gasteiger partial charge in [-0.2, -0.15) is 11.8 Å². The van der Waals surface area contributed by atoms with Crippen LogP contribution < -0.4 is 5.32 Å². The van der Waals surface area contributed by atoms with Crippen molar-refractivity contribution in [2.75, 3.05) is 11.5 Å². The van der Waals surface area contributed by atoms with Crippen molar-refractivity contribution in [2.45, 2.75) is 51.6 Å². The maximum Gasteiger partial charge on any atom is 0.324 e. The van der Waals surface area contributed by atoms with Crippen LogP contribution in [0, 0.1) is 5.92 Å². The van der Waals surface area contributed by atoms with Gasteiger partial charge in [-0.05, 0) is 30.9 Å². The fourth-order valence-electron chi connectivity index (χ4n) is 2.23. The maximum absolute atomic E-state index is 11.5. The van der Waals surface area contributed by atoms with Gasteiger partial charge in [-0.15, -0.1) is 0 Å². The average Bonchev–Trinajstić information content (AvgIpc) is 2.26. The van der Waals surface area contributed by atoms with Crippen LogP contribution in [0.5, 0.6) is 0 Å². The van der Waals surface area contributed by atoms with Crippen molar-refractivity contribution in [1.82, 2.24) is 5.32 Å². The van der Waals surface area contributed by atoms with E-state index in [0.717, 1.165) is 25.0 Å². The molecule has 0 aromatic carbocycles. The third kappa shape index (κ3) is 3.14. The minimum atomic E-state index is -0.687. The highest BCUT2D eigenvalue weighted by molar-refractivity contribution is 7.99. The Kier molecular flexibility index (Phi) is 5.12. The van der Waals surface area contributed by atoms with E-state index in [-0.39, 0.29) is 0 Å². The van der Waals surface area contributed by atoms with Crippen LogP contribution in [0.3, 0.4) is 0 Å². The SMILES string of the molecule is CCC(NC1(C(=O)O)CCCSC1)C(C)C. The number of nitrogens with one attached hydrogen (secondary N) is 1. The molecule has 0 radical (unpaired) electrons. The summed E-state index contributed by atoms with van der Waals surface area (Å²) in [6, 6.07) is 0.301. The third-order valence-electron chi connectivity index (χ3n) is 3.36. The smallest absolute Gasteiger partial charge is 0.324 e. The summed E-state index contributed by atoms with van der Waals surface area (Å²) in [5.74, 6) is 1.59. The van der Waals surface area contributed by atoms with Crippen LogP contribution in [0.2, 0.25) is 0 Å². The minimum absolute atomic E-state index is 0.301. The van der Waals surface area contributed by atoms with Crippen LogP contribution in [0.1, 0.15) is 40.0 Å². The van der Waals surface area contributed by atoms with Gasteiger partial charge in [0.15, 0.2) is 0 Å². The number of hydrogen-bond acceptors (Lipinski definition) is 3. The molecule has 1 heterocycles. The lowest BCUT2D eigenvalue weighted by molar-refractivity contribution is -0.144. The van der Waals surface area contributed by atoms with Crippen LogP contribution in [0.25, 0.3) is 0 Å². The number of thioether (sulfide) groups is 1. The Bertz CT molecular complexity index is 237. The summed E-state index contributed by atoms with van der Waals surface area (Å²) in [4.78, 5) is 11.5. The molecule has 94 valence electrons. The summed E-state index contributed by atoms with van der Waals surface area (Å²) in [5.41, 5.74) is -0.687. The normalized spacial score (nSPS) is 28.0. The first kappa shape index (κ1) is 13.8. The predicted octanol–water partition coefficient (Wildman–Crippen LogP) is 2.36. The second kappa shape index (κ2) is 5.92. The van der Waals surface area contributed by atoms with Gasteiger partial charge in [-0.3, -0.25) is 10.1 Å². The van der Waals surface area contributed by atoms with E-state index in [1.165, 1.54) is 0 Å². The van der Waals surface area contributed by atoms with Gasteiger partial charge >= 0.3 is 5.97 Å². The Morgan fingerprint density at radius 2 is 2.25 bits per heavy atom. The zero-order chi connectivity index (χ0) is 12.2. The van der Waals surface area contributed by atoms with Crippen molar-refractivity contribution in [2.24, 2.45) is 5.92 Å². The molecule has 1 fully saturated rings. The van der Waals surface area contributed by atoms with E-state index in [4.69, 9.17) is 0 Å². The molecule has 0 aliphatic carbocycles. The Morgan fingerprint density at radius 3 is 2.62 bits per heavy atom. The van der Waals surface area contributed by atoms with E-state index in [1.54, 1.807) is 11.8 Å². The van der Waals surface area contributed by atoms with Crippen LogP contribution in [0.4, 0.5) is 0 Å². The number of carboxylic acids is 1. The highest BCUT2D eigenvalue weighted by Gasteiger charge is 2.41. The molecule has 2 atom stereocenters. The lowest BCUT2D eigenvalue weighted by Crippen LogP contribution is -2.60. The van der Waals surface area contributed by atoms with E-state index in [9.17, 15) is 9.90 Å². The fourth-order valence-corrected chi connectivity index (χ4v) is 3.43. The summed E-state index contributed by atoms with van der Waals surface area (Å²) in [7, 11) is 0. The second-order valence-corrected chi connectivity index (χ2v) is 6.05. The minimum Gasteiger partial charge on any atom is -0.480 e. The van der Waals surface area contributed by atoms with Crippen LogP contribution >= 0.6 is 11.8 Å². The summed E-state index contributed by atoms with van der Waals surface area (Å²) in [6.45, 7) is 6.41. The first-order chi connectivity index (χ1) is 7.52. The molecular formula is C12H23NO2S. The zero-order valence-corrected chi connectivity index (χ0v) is 11.3. The highest BCUT2D eigenvalue weighted by Crippen LogP contribution is 2.28. The average molecular weight is 245 g/mol. The molecule has 0 saturated carbocycles. The van der Waals surface area contributed by atoms with Crippen molar-refractivity contribution in [1.29, 1.82) is 0 Å². The van der Waals surface area contributed by atoms with Gasteiger partial charge in [-0.1, -0.05) is 20.8 Å². The Labute approximate surface area is 102 Å². The first-order valence-electron chi connectivity index (χ1n) is 6.10. The second-order valence-electron chi connectivity index (χ2n) is 4.95. The molecule has 1 aliphatic rings. The van der Waals surface area contributed by atoms with Gasteiger partial charge < -0.3 is 5.11 Å². The van der Waals surface area contributed by atoms with Crippen LogP contribution in [-0.2, 0) is 4.79 Å². The molecule has 0 bridgehead atoms. The Balaban J connectivity index is 2.73. The lowest BCUT2D eigenvalue weighted by atomic mass is 9.91. The van der Waals surface area contributed by atoms with E-state index < -0.39 is 11.5 Å². The standard InChI is InChI=1S/C12H23NO2S/c1-4-10(9(2)3)13-12(11(14)15)6-5-7-16-8-12/h9-10,13H,4-8H2,1-3H3,(H,14,15). The first-order valence-corrected chi connectivity index (χ1v) is 7.26. The lowest BCUT2D eigenvalue weighted by Gasteiger charge is -2.38. The monoisotopic (exact) mass is 245 g/mol. The molecule has 0 amide bonds. The van der Waals surface area contributed by atoms with E-state index >= 15 is 0 Å². The third-order valence-corrected chi connectivity index (χ3v) is 4.63. The van der Waals surface area contributed by atoms with Crippen molar-refractivity contribution < 1.29 is 9.90 Å². The van der Waals surface area contributed by atoms with Crippen molar-refractivity contribution in [3.8, 4) is 0 Å². The van der Waals surface area contributed by atoms with Crippen LogP contribution in [0.15, 0.2) is 0 Å². The summed E-state index contributed by atoms with van der Waals surface area (Å²) in [6.07, 6.45) is 2.74. The number of aliphatic carboxylic acids is 1. The molecule has 0 aromatic heterocycles. The molecule has 1 saturated heterocycles. The number of hydrogen-bond donors (Lipinski definition) is 2. The Morgan fingerprint density at radius 1 is 1.56 bits per heavy atom. The summed E-state index contributed by atoms with van der Waals surface area (Å²) >= 11 is 1.75.